The van der Waals surface area contributed by atoms with Gasteiger partial charge in [0.1, 0.15) is 11.8 Å². The maximum absolute atomic E-state index is 12.2. The molecule has 100 valence electrons. The quantitative estimate of drug-likeness (QED) is 0.764. The van der Waals surface area contributed by atoms with E-state index >= 15 is 0 Å². The molecule has 0 aliphatic heterocycles. The molecule has 0 fully saturated rings. The van der Waals surface area contributed by atoms with Gasteiger partial charge in [0.2, 0.25) is 0 Å². The van der Waals surface area contributed by atoms with Crippen molar-refractivity contribution >= 4 is 22.6 Å². The lowest BCUT2D eigenvalue weighted by Gasteiger charge is -2.04. The van der Waals surface area contributed by atoms with E-state index in [1.54, 1.807) is 18.3 Å². The van der Waals surface area contributed by atoms with Gasteiger partial charge in [0, 0.05) is 23.7 Å². The Morgan fingerprint density at radius 1 is 1.30 bits per heavy atom. The minimum atomic E-state index is -0.214. The number of nitrogens with zero attached hydrogens (tertiary/aromatic N) is 1. The molecule has 2 aromatic heterocycles. The van der Waals surface area contributed by atoms with Crippen LogP contribution in [-0.2, 0) is 6.54 Å². The lowest BCUT2D eigenvalue weighted by atomic mass is 10.2. The standard InChI is InChI=1S/C15H13N3O2/c16-8-11-7-10(5-6-17-11)15(19)18-13-9-20-14-4-2-1-3-12(13)14/h1-7,9H,8,16H2,(H,18,19). The number of para-hydroxylation sites is 1. The molecule has 0 saturated carbocycles. The topological polar surface area (TPSA) is 81.2 Å². The van der Waals surface area contributed by atoms with Crippen LogP contribution in [0.4, 0.5) is 5.69 Å². The first kappa shape index (κ1) is 12.4. The summed E-state index contributed by atoms with van der Waals surface area (Å²) in [6.07, 6.45) is 3.11. The van der Waals surface area contributed by atoms with Gasteiger partial charge in [-0.25, -0.2) is 0 Å². The number of rotatable bonds is 3. The van der Waals surface area contributed by atoms with Crippen molar-refractivity contribution in [2.45, 2.75) is 6.54 Å². The summed E-state index contributed by atoms with van der Waals surface area (Å²) in [4.78, 5) is 16.3. The maximum Gasteiger partial charge on any atom is 0.255 e. The Balaban J connectivity index is 1.88. The minimum Gasteiger partial charge on any atom is -0.462 e. The van der Waals surface area contributed by atoms with E-state index in [0.717, 1.165) is 11.0 Å². The van der Waals surface area contributed by atoms with Gasteiger partial charge < -0.3 is 15.5 Å². The molecule has 20 heavy (non-hydrogen) atoms. The summed E-state index contributed by atoms with van der Waals surface area (Å²) in [6, 6.07) is 10.9. The first-order chi connectivity index (χ1) is 9.78. The van der Waals surface area contributed by atoms with Crippen LogP contribution in [0.5, 0.6) is 0 Å². The Bertz CT molecular complexity index is 764. The number of hydrogen-bond acceptors (Lipinski definition) is 4. The van der Waals surface area contributed by atoms with Gasteiger partial charge in [-0.1, -0.05) is 12.1 Å². The van der Waals surface area contributed by atoms with Crippen molar-refractivity contribution in [1.29, 1.82) is 0 Å². The zero-order chi connectivity index (χ0) is 13.9. The third kappa shape index (κ3) is 2.26. The number of hydrogen-bond donors (Lipinski definition) is 2. The molecular weight excluding hydrogens is 254 g/mol. The molecule has 2 heterocycles. The largest absolute Gasteiger partial charge is 0.462 e. The Hall–Kier alpha value is -2.66. The summed E-state index contributed by atoms with van der Waals surface area (Å²) in [6.45, 7) is 0.301. The molecule has 0 saturated heterocycles. The second-order valence-electron chi connectivity index (χ2n) is 4.34. The van der Waals surface area contributed by atoms with Crippen molar-refractivity contribution in [2.24, 2.45) is 5.73 Å². The Morgan fingerprint density at radius 2 is 2.15 bits per heavy atom. The number of fused-ring (bicyclic) bond motifs is 1. The van der Waals surface area contributed by atoms with E-state index in [1.165, 1.54) is 6.26 Å². The number of anilines is 1. The van der Waals surface area contributed by atoms with Crippen molar-refractivity contribution in [2.75, 3.05) is 5.32 Å². The van der Waals surface area contributed by atoms with E-state index in [9.17, 15) is 4.79 Å². The molecule has 3 aromatic rings. The van der Waals surface area contributed by atoms with Crippen LogP contribution in [0.3, 0.4) is 0 Å². The van der Waals surface area contributed by atoms with Gasteiger partial charge in [0.05, 0.1) is 11.4 Å². The van der Waals surface area contributed by atoms with E-state index in [0.29, 0.717) is 23.5 Å². The molecular formula is C15H13N3O2. The summed E-state index contributed by atoms with van der Waals surface area (Å²) in [7, 11) is 0. The summed E-state index contributed by atoms with van der Waals surface area (Å²) >= 11 is 0. The van der Waals surface area contributed by atoms with E-state index in [-0.39, 0.29) is 5.91 Å². The van der Waals surface area contributed by atoms with E-state index in [2.05, 4.69) is 10.3 Å². The van der Waals surface area contributed by atoms with Crippen LogP contribution in [0, 0.1) is 0 Å². The molecule has 0 unspecified atom stereocenters. The fraction of sp³-hybridized carbons (Fsp3) is 0.0667. The number of pyridine rings is 1. The molecule has 0 radical (unpaired) electrons. The highest BCUT2D eigenvalue weighted by molar-refractivity contribution is 6.08. The fourth-order valence-electron chi connectivity index (χ4n) is 2.00. The number of nitrogens with two attached hydrogens (primary N) is 1. The highest BCUT2D eigenvalue weighted by Crippen LogP contribution is 2.25. The SMILES string of the molecule is NCc1cc(C(=O)Nc2coc3ccccc23)ccn1. The summed E-state index contributed by atoms with van der Waals surface area (Å²) < 4.78 is 5.38. The third-order valence-electron chi connectivity index (χ3n) is 3.02. The predicted octanol–water partition coefficient (Wildman–Crippen LogP) is 2.54. The van der Waals surface area contributed by atoms with Gasteiger partial charge in [-0.05, 0) is 24.3 Å². The number of furan rings is 1. The average molecular weight is 267 g/mol. The summed E-state index contributed by atoms with van der Waals surface area (Å²) in [5.41, 5.74) is 8.10. The Morgan fingerprint density at radius 3 is 3.00 bits per heavy atom. The van der Waals surface area contributed by atoms with Crippen LogP contribution >= 0.6 is 0 Å². The van der Waals surface area contributed by atoms with Crippen LogP contribution in [0.25, 0.3) is 11.0 Å². The minimum absolute atomic E-state index is 0.214. The fourth-order valence-corrected chi connectivity index (χ4v) is 2.00. The monoisotopic (exact) mass is 267 g/mol. The average Bonchev–Trinajstić information content (AvgIpc) is 2.90. The van der Waals surface area contributed by atoms with Crippen LogP contribution in [0.15, 0.2) is 53.3 Å². The molecule has 0 bridgehead atoms. The molecule has 0 aliphatic rings. The van der Waals surface area contributed by atoms with Crippen molar-refractivity contribution in [3.05, 3.63) is 60.1 Å². The van der Waals surface area contributed by atoms with Crippen molar-refractivity contribution < 1.29 is 9.21 Å². The molecule has 3 N–H and O–H groups in total. The Kier molecular flexibility index (Phi) is 3.18. The first-order valence-corrected chi connectivity index (χ1v) is 6.20. The molecule has 5 heteroatoms. The van der Waals surface area contributed by atoms with Gasteiger partial charge in [0.15, 0.2) is 0 Å². The van der Waals surface area contributed by atoms with Crippen molar-refractivity contribution in [3.8, 4) is 0 Å². The number of aromatic nitrogens is 1. The molecule has 0 spiro atoms. The molecule has 1 amide bonds. The van der Waals surface area contributed by atoms with Crippen LogP contribution in [0.2, 0.25) is 0 Å². The second kappa shape index (κ2) is 5.14. The zero-order valence-corrected chi connectivity index (χ0v) is 10.7. The maximum atomic E-state index is 12.2. The van der Waals surface area contributed by atoms with E-state index in [4.69, 9.17) is 10.2 Å². The van der Waals surface area contributed by atoms with Gasteiger partial charge >= 0.3 is 0 Å². The first-order valence-electron chi connectivity index (χ1n) is 6.20. The lowest BCUT2D eigenvalue weighted by Crippen LogP contribution is -2.12. The smallest absolute Gasteiger partial charge is 0.255 e. The van der Waals surface area contributed by atoms with E-state index < -0.39 is 0 Å². The molecule has 0 aliphatic carbocycles. The highest BCUT2D eigenvalue weighted by Gasteiger charge is 2.11. The second-order valence-corrected chi connectivity index (χ2v) is 4.34. The van der Waals surface area contributed by atoms with Gasteiger partial charge in [-0.3, -0.25) is 9.78 Å². The van der Waals surface area contributed by atoms with Gasteiger partial charge in [0.25, 0.3) is 5.91 Å². The van der Waals surface area contributed by atoms with Gasteiger partial charge in [-0.2, -0.15) is 0 Å². The molecule has 0 atom stereocenters. The number of benzene rings is 1. The number of amides is 1. The number of nitrogens with one attached hydrogen (secondary N) is 1. The molecule has 1 aromatic carbocycles. The van der Waals surface area contributed by atoms with Crippen LogP contribution < -0.4 is 11.1 Å². The van der Waals surface area contributed by atoms with Crippen molar-refractivity contribution in [3.63, 3.8) is 0 Å². The third-order valence-corrected chi connectivity index (χ3v) is 3.02. The number of carbonyl (C=O) groups excluding carboxylic acids is 1. The lowest BCUT2D eigenvalue weighted by molar-refractivity contribution is 0.102. The number of carbonyl (C=O) groups is 1. The molecule has 5 nitrogen and oxygen atoms in total. The van der Waals surface area contributed by atoms with Crippen LogP contribution in [-0.4, -0.2) is 10.9 Å². The van der Waals surface area contributed by atoms with Crippen molar-refractivity contribution in [1.82, 2.24) is 4.98 Å². The van der Waals surface area contributed by atoms with Gasteiger partial charge in [-0.15, -0.1) is 0 Å². The Labute approximate surface area is 115 Å². The predicted molar refractivity (Wildman–Crippen MR) is 76.3 cm³/mol. The highest BCUT2D eigenvalue weighted by atomic mass is 16.3. The normalized spacial score (nSPS) is 10.7. The van der Waals surface area contributed by atoms with E-state index in [1.807, 2.05) is 24.3 Å². The summed E-state index contributed by atoms with van der Waals surface area (Å²) in [5.74, 6) is -0.214. The molecule has 3 rings (SSSR count). The summed E-state index contributed by atoms with van der Waals surface area (Å²) in [5, 5.41) is 3.70. The van der Waals surface area contributed by atoms with Crippen LogP contribution in [0.1, 0.15) is 16.1 Å². The zero-order valence-electron chi connectivity index (χ0n) is 10.7.